The van der Waals surface area contributed by atoms with E-state index >= 15 is 0 Å². The van der Waals surface area contributed by atoms with Gasteiger partial charge in [0.25, 0.3) is 0 Å². The second-order valence-corrected chi connectivity index (χ2v) is 11.1. The highest BCUT2D eigenvalue weighted by atomic mass is 32.2. The predicted octanol–water partition coefficient (Wildman–Crippen LogP) is 3.53. The highest BCUT2D eigenvalue weighted by molar-refractivity contribution is 7.92. The summed E-state index contributed by atoms with van der Waals surface area (Å²) in [5.41, 5.74) is 2.42. The van der Waals surface area contributed by atoms with Gasteiger partial charge in [0.2, 0.25) is 5.91 Å². The summed E-state index contributed by atoms with van der Waals surface area (Å²) in [7, 11) is -3.37. The number of sulfone groups is 1. The number of anilines is 1. The lowest BCUT2D eigenvalue weighted by molar-refractivity contribution is -0.115. The molecule has 0 heterocycles. The van der Waals surface area contributed by atoms with Crippen LogP contribution >= 0.6 is 0 Å². The van der Waals surface area contributed by atoms with Crippen LogP contribution in [0.5, 0.6) is 0 Å². The van der Waals surface area contributed by atoms with E-state index in [-0.39, 0.29) is 0 Å². The Hall–Kier alpha value is -1.36. The van der Waals surface area contributed by atoms with Crippen molar-refractivity contribution in [1.82, 2.24) is 0 Å². The van der Waals surface area contributed by atoms with Crippen molar-refractivity contribution < 1.29 is 13.2 Å². The number of amides is 1. The molecule has 0 aromatic heterocycles. The Bertz CT molecular complexity index is 746. The molecule has 1 N–H and O–H groups in total. The maximum Gasteiger partial charge on any atom is 0.242 e. The molecule has 136 valence electrons. The molecule has 4 aliphatic carbocycles. The molecule has 4 aliphatic rings. The van der Waals surface area contributed by atoms with Crippen LogP contribution in [-0.4, -0.2) is 25.8 Å². The third-order valence-corrected chi connectivity index (χ3v) is 8.31. The first kappa shape index (κ1) is 17.1. The molecular weight excluding hydrogens is 334 g/mol. The van der Waals surface area contributed by atoms with Gasteiger partial charge in [0.15, 0.2) is 9.84 Å². The maximum atomic E-state index is 12.1. The van der Waals surface area contributed by atoms with Crippen molar-refractivity contribution >= 4 is 21.4 Å². The van der Waals surface area contributed by atoms with Crippen LogP contribution < -0.4 is 5.32 Å². The Morgan fingerprint density at radius 1 is 1.04 bits per heavy atom. The van der Waals surface area contributed by atoms with E-state index in [1.54, 1.807) is 0 Å². The Morgan fingerprint density at radius 3 is 1.96 bits per heavy atom. The SMILES string of the molecule is C[C@H](C(=O)Nc1ccc(C23CC4CC(CC(C4)C2)C3)cc1)S(C)(=O)=O. The zero-order valence-corrected chi connectivity index (χ0v) is 15.8. The zero-order valence-electron chi connectivity index (χ0n) is 15.0. The topological polar surface area (TPSA) is 63.2 Å². The van der Waals surface area contributed by atoms with Crippen molar-refractivity contribution in [3.8, 4) is 0 Å². The van der Waals surface area contributed by atoms with E-state index in [2.05, 4.69) is 17.4 Å². The van der Waals surface area contributed by atoms with Crippen molar-refractivity contribution in [2.45, 2.75) is 56.1 Å². The van der Waals surface area contributed by atoms with Gasteiger partial charge in [-0.15, -0.1) is 0 Å². The van der Waals surface area contributed by atoms with Crippen LogP contribution in [0.15, 0.2) is 24.3 Å². The Kier molecular flexibility index (Phi) is 3.98. The third kappa shape index (κ3) is 3.12. The molecule has 4 fully saturated rings. The van der Waals surface area contributed by atoms with Crippen molar-refractivity contribution in [3.63, 3.8) is 0 Å². The lowest BCUT2D eigenvalue weighted by Gasteiger charge is -2.57. The van der Waals surface area contributed by atoms with Crippen LogP contribution in [0.4, 0.5) is 5.69 Å². The number of nitrogens with one attached hydrogen (secondary N) is 1. The van der Waals surface area contributed by atoms with Crippen LogP contribution in [0.2, 0.25) is 0 Å². The van der Waals surface area contributed by atoms with Crippen LogP contribution in [0.3, 0.4) is 0 Å². The lowest BCUT2D eigenvalue weighted by Crippen LogP contribution is -2.48. The molecule has 0 radical (unpaired) electrons. The molecule has 4 nitrogen and oxygen atoms in total. The maximum absolute atomic E-state index is 12.1. The minimum absolute atomic E-state index is 0.345. The van der Waals surface area contributed by atoms with Gasteiger partial charge in [0, 0.05) is 11.9 Å². The normalized spacial score (nSPS) is 34.7. The number of hydrogen-bond donors (Lipinski definition) is 1. The van der Waals surface area contributed by atoms with Crippen LogP contribution in [0.1, 0.15) is 51.0 Å². The minimum Gasteiger partial charge on any atom is -0.325 e. The number of benzene rings is 1. The van der Waals surface area contributed by atoms with Gasteiger partial charge in [0.1, 0.15) is 5.25 Å². The van der Waals surface area contributed by atoms with Crippen LogP contribution in [-0.2, 0) is 20.0 Å². The average molecular weight is 362 g/mol. The fourth-order valence-corrected chi connectivity index (χ4v) is 6.26. The molecule has 0 aliphatic heterocycles. The smallest absolute Gasteiger partial charge is 0.242 e. The molecule has 5 heteroatoms. The molecule has 5 rings (SSSR count). The fraction of sp³-hybridized carbons (Fsp3) is 0.650. The Labute approximate surface area is 150 Å². The summed E-state index contributed by atoms with van der Waals surface area (Å²) in [5, 5.41) is 1.70. The van der Waals surface area contributed by atoms with E-state index in [0.29, 0.717) is 11.1 Å². The van der Waals surface area contributed by atoms with E-state index < -0.39 is 21.0 Å². The van der Waals surface area contributed by atoms with E-state index in [0.717, 1.165) is 24.0 Å². The summed E-state index contributed by atoms with van der Waals surface area (Å²) < 4.78 is 23.0. The summed E-state index contributed by atoms with van der Waals surface area (Å²) in [6.07, 6.45) is 9.32. The first-order chi connectivity index (χ1) is 11.7. The van der Waals surface area contributed by atoms with Gasteiger partial charge in [-0.3, -0.25) is 4.79 Å². The molecule has 0 saturated heterocycles. The number of hydrogen-bond acceptors (Lipinski definition) is 3. The van der Waals surface area contributed by atoms with E-state index in [1.807, 2.05) is 12.1 Å². The monoisotopic (exact) mass is 361 g/mol. The largest absolute Gasteiger partial charge is 0.325 e. The highest BCUT2D eigenvalue weighted by Crippen LogP contribution is 2.60. The third-order valence-electron chi connectivity index (χ3n) is 6.81. The van der Waals surface area contributed by atoms with E-state index in [1.165, 1.54) is 51.0 Å². The molecule has 4 saturated carbocycles. The van der Waals surface area contributed by atoms with Gasteiger partial charge < -0.3 is 5.32 Å². The first-order valence-electron chi connectivity index (χ1n) is 9.35. The lowest BCUT2D eigenvalue weighted by atomic mass is 9.48. The van der Waals surface area contributed by atoms with E-state index in [4.69, 9.17) is 0 Å². The van der Waals surface area contributed by atoms with Crippen molar-refractivity contribution in [3.05, 3.63) is 29.8 Å². The molecule has 1 atom stereocenters. The first-order valence-corrected chi connectivity index (χ1v) is 11.3. The average Bonchev–Trinajstić information content (AvgIpc) is 2.52. The Morgan fingerprint density at radius 2 is 1.52 bits per heavy atom. The molecule has 1 aromatic rings. The summed E-state index contributed by atoms with van der Waals surface area (Å²) in [6.45, 7) is 1.43. The molecule has 1 aromatic carbocycles. The fourth-order valence-electron chi connectivity index (χ4n) is 5.81. The van der Waals surface area contributed by atoms with Gasteiger partial charge in [-0.2, -0.15) is 0 Å². The van der Waals surface area contributed by atoms with Gasteiger partial charge in [-0.25, -0.2) is 8.42 Å². The van der Waals surface area contributed by atoms with Crippen LogP contribution in [0, 0.1) is 17.8 Å². The molecular formula is C20H27NO3S. The standard InChI is InChI=1S/C20H27NO3S/c1-13(25(2,23)24)19(22)21-18-5-3-17(4-6-18)20-10-14-7-15(11-20)9-16(8-14)12-20/h3-6,13-16H,7-12H2,1-2H3,(H,21,22)/t13-,14?,15?,16?,20?/m1/s1. The van der Waals surface area contributed by atoms with Gasteiger partial charge >= 0.3 is 0 Å². The zero-order chi connectivity index (χ0) is 17.8. The second kappa shape index (κ2) is 5.83. The molecule has 0 unspecified atom stereocenters. The van der Waals surface area contributed by atoms with Gasteiger partial charge in [0.05, 0.1) is 0 Å². The second-order valence-electron chi connectivity index (χ2n) is 8.74. The highest BCUT2D eigenvalue weighted by Gasteiger charge is 2.51. The van der Waals surface area contributed by atoms with Crippen LogP contribution in [0.25, 0.3) is 0 Å². The molecule has 1 amide bonds. The minimum atomic E-state index is -3.37. The summed E-state index contributed by atoms with van der Waals surface area (Å²) in [5.74, 6) is 2.24. The van der Waals surface area contributed by atoms with Crippen molar-refractivity contribution in [2.75, 3.05) is 11.6 Å². The van der Waals surface area contributed by atoms with E-state index in [9.17, 15) is 13.2 Å². The van der Waals surface area contributed by atoms with Crippen molar-refractivity contribution in [1.29, 1.82) is 0 Å². The number of carbonyl (C=O) groups is 1. The Balaban J connectivity index is 1.50. The summed E-state index contributed by atoms with van der Waals surface area (Å²) >= 11 is 0. The molecule has 0 spiro atoms. The predicted molar refractivity (Wildman–Crippen MR) is 99.2 cm³/mol. The summed E-state index contributed by atoms with van der Waals surface area (Å²) in [6, 6.07) is 8.16. The molecule has 25 heavy (non-hydrogen) atoms. The van der Waals surface area contributed by atoms with Gasteiger partial charge in [-0.05, 0) is 86.3 Å². The van der Waals surface area contributed by atoms with Gasteiger partial charge in [-0.1, -0.05) is 12.1 Å². The quantitative estimate of drug-likeness (QED) is 0.892. The van der Waals surface area contributed by atoms with Crippen molar-refractivity contribution in [2.24, 2.45) is 17.8 Å². The number of carbonyl (C=O) groups excluding carboxylic acids is 1. The summed E-state index contributed by atoms with van der Waals surface area (Å²) in [4.78, 5) is 12.1. The molecule has 4 bridgehead atoms. The number of rotatable bonds is 4.